The minimum absolute atomic E-state index is 0.637. The lowest BCUT2D eigenvalue weighted by atomic mass is 10.2. The molecule has 0 spiro atoms. The standard InChI is InChI=1S/C15H14Br2ClNO2/c1-20-14-4-3-10(18)7-13(14)19-8-9-5-11(16)15(21-2)12(17)6-9/h3-7,19H,8H2,1-2H3. The Morgan fingerprint density at radius 3 is 2.29 bits per heavy atom. The van der Waals surface area contributed by atoms with Crippen molar-refractivity contribution in [3.05, 3.63) is 49.9 Å². The first kappa shape index (κ1) is 16.5. The van der Waals surface area contributed by atoms with Crippen molar-refractivity contribution in [1.29, 1.82) is 0 Å². The van der Waals surface area contributed by atoms with Crippen molar-refractivity contribution in [2.24, 2.45) is 0 Å². The summed E-state index contributed by atoms with van der Waals surface area (Å²) in [5, 5.41) is 3.98. The number of ether oxygens (including phenoxy) is 2. The molecule has 0 fully saturated rings. The molecule has 0 heterocycles. The lowest BCUT2D eigenvalue weighted by Crippen LogP contribution is -2.02. The fraction of sp³-hybridized carbons (Fsp3) is 0.200. The predicted octanol–water partition coefficient (Wildman–Crippen LogP) is 5.49. The van der Waals surface area contributed by atoms with E-state index in [1.54, 1.807) is 20.3 Å². The van der Waals surface area contributed by atoms with Crippen molar-refractivity contribution in [3.8, 4) is 11.5 Å². The molecule has 2 aromatic rings. The maximum absolute atomic E-state index is 6.02. The third-order valence-electron chi connectivity index (χ3n) is 2.91. The van der Waals surface area contributed by atoms with Gasteiger partial charge in [0.15, 0.2) is 0 Å². The molecule has 0 aliphatic heterocycles. The van der Waals surface area contributed by atoms with Crippen molar-refractivity contribution in [2.45, 2.75) is 6.54 Å². The summed E-state index contributed by atoms with van der Waals surface area (Å²) >= 11 is 13.0. The van der Waals surface area contributed by atoms with Gasteiger partial charge >= 0.3 is 0 Å². The number of hydrogen-bond acceptors (Lipinski definition) is 3. The van der Waals surface area contributed by atoms with Crippen LogP contribution in [0.4, 0.5) is 5.69 Å². The Bertz CT molecular complexity index is 627. The van der Waals surface area contributed by atoms with E-state index in [4.69, 9.17) is 21.1 Å². The summed E-state index contributed by atoms with van der Waals surface area (Å²) < 4.78 is 12.4. The summed E-state index contributed by atoms with van der Waals surface area (Å²) in [7, 11) is 3.27. The van der Waals surface area contributed by atoms with Gasteiger partial charge in [0.05, 0.1) is 28.9 Å². The van der Waals surface area contributed by atoms with Gasteiger partial charge in [0.25, 0.3) is 0 Å². The van der Waals surface area contributed by atoms with Crippen molar-refractivity contribution in [2.75, 3.05) is 19.5 Å². The molecule has 6 heteroatoms. The summed E-state index contributed by atoms with van der Waals surface area (Å²) in [6.07, 6.45) is 0. The van der Waals surface area contributed by atoms with Gasteiger partial charge in [-0.1, -0.05) is 11.6 Å². The van der Waals surface area contributed by atoms with Crippen LogP contribution >= 0.6 is 43.5 Å². The summed E-state index contributed by atoms with van der Waals surface area (Å²) in [6.45, 7) is 0.637. The fourth-order valence-electron chi connectivity index (χ4n) is 1.93. The van der Waals surface area contributed by atoms with Crippen molar-refractivity contribution in [1.82, 2.24) is 0 Å². The number of rotatable bonds is 5. The van der Waals surface area contributed by atoms with Gasteiger partial charge in [0.1, 0.15) is 11.5 Å². The molecule has 0 bridgehead atoms. The van der Waals surface area contributed by atoms with E-state index in [0.29, 0.717) is 11.6 Å². The second-order valence-corrected chi connectivity index (χ2v) is 6.44. The highest BCUT2D eigenvalue weighted by Crippen LogP contribution is 2.35. The van der Waals surface area contributed by atoms with Crippen LogP contribution in [0.3, 0.4) is 0 Å². The second kappa shape index (κ2) is 7.38. The minimum Gasteiger partial charge on any atom is -0.495 e. The van der Waals surface area contributed by atoms with Crippen LogP contribution in [-0.2, 0) is 6.54 Å². The average Bonchev–Trinajstić information content (AvgIpc) is 2.45. The van der Waals surface area contributed by atoms with Crippen LogP contribution in [0.25, 0.3) is 0 Å². The second-order valence-electron chi connectivity index (χ2n) is 4.29. The molecule has 0 saturated carbocycles. The predicted molar refractivity (Wildman–Crippen MR) is 93.7 cm³/mol. The Balaban J connectivity index is 2.19. The highest BCUT2D eigenvalue weighted by Gasteiger charge is 2.09. The van der Waals surface area contributed by atoms with E-state index in [2.05, 4.69) is 37.2 Å². The Labute approximate surface area is 145 Å². The summed E-state index contributed by atoms with van der Waals surface area (Å²) in [5.74, 6) is 1.53. The zero-order chi connectivity index (χ0) is 15.4. The molecule has 0 aromatic heterocycles. The van der Waals surface area contributed by atoms with Crippen LogP contribution in [-0.4, -0.2) is 14.2 Å². The van der Waals surface area contributed by atoms with E-state index < -0.39 is 0 Å². The first-order chi connectivity index (χ1) is 10.0. The molecule has 1 N–H and O–H groups in total. The van der Waals surface area contributed by atoms with E-state index in [9.17, 15) is 0 Å². The van der Waals surface area contributed by atoms with Crippen LogP contribution < -0.4 is 14.8 Å². The third kappa shape index (κ3) is 4.05. The van der Waals surface area contributed by atoms with Gasteiger partial charge in [-0.2, -0.15) is 0 Å². The zero-order valence-electron chi connectivity index (χ0n) is 11.5. The summed E-state index contributed by atoms with van der Waals surface area (Å²) in [4.78, 5) is 0. The Morgan fingerprint density at radius 1 is 1.05 bits per heavy atom. The smallest absolute Gasteiger partial charge is 0.147 e. The number of benzene rings is 2. The molecule has 0 radical (unpaired) electrons. The highest BCUT2D eigenvalue weighted by molar-refractivity contribution is 9.11. The van der Waals surface area contributed by atoms with Crippen molar-refractivity contribution >= 4 is 49.1 Å². The maximum atomic E-state index is 6.02. The molecular formula is C15H14Br2ClNO2. The van der Waals surface area contributed by atoms with E-state index >= 15 is 0 Å². The van der Waals surface area contributed by atoms with Crippen molar-refractivity contribution in [3.63, 3.8) is 0 Å². The van der Waals surface area contributed by atoms with Crippen LogP contribution in [0.1, 0.15) is 5.56 Å². The maximum Gasteiger partial charge on any atom is 0.147 e. The number of hydrogen-bond donors (Lipinski definition) is 1. The Hall–Kier alpha value is -0.910. The molecule has 0 saturated heterocycles. The SMILES string of the molecule is COc1ccc(Cl)cc1NCc1cc(Br)c(OC)c(Br)c1. The number of nitrogens with one attached hydrogen (secondary N) is 1. The van der Waals surface area contributed by atoms with Crippen LogP contribution in [0.2, 0.25) is 5.02 Å². The summed E-state index contributed by atoms with van der Waals surface area (Å²) in [6, 6.07) is 9.49. The largest absolute Gasteiger partial charge is 0.495 e. The molecule has 0 amide bonds. The van der Waals surface area contributed by atoms with Crippen LogP contribution in [0, 0.1) is 0 Å². The number of halogens is 3. The van der Waals surface area contributed by atoms with Crippen LogP contribution in [0.15, 0.2) is 39.3 Å². The monoisotopic (exact) mass is 433 g/mol. The highest BCUT2D eigenvalue weighted by atomic mass is 79.9. The summed E-state index contributed by atoms with van der Waals surface area (Å²) in [5.41, 5.74) is 1.95. The van der Waals surface area contributed by atoms with E-state index in [-0.39, 0.29) is 0 Å². The van der Waals surface area contributed by atoms with Crippen LogP contribution in [0.5, 0.6) is 11.5 Å². The normalized spacial score (nSPS) is 10.3. The van der Waals surface area contributed by atoms with Gasteiger partial charge in [-0.05, 0) is 67.8 Å². The Morgan fingerprint density at radius 2 is 1.71 bits per heavy atom. The molecule has 21 heavy (non-hydrogen) atoms. The molecule has 0 aliphatic carbocycles. The average molecular weight is 436 g/mol. The number of anilines is 1. The quantitative estimate of drug-likeness (QED) is 0.673. The lowest BCUT2D eigenvalue weighted by Gasteiger charge is -2.13. The first-order valence-corrected chi connectivity index (χ1v) is 8.11. The van der Waals surface area contributed by atoms with E-state index in [1.165, 1.54) is 0 Å². The first-order valence-electron chi connectivity index (χ1n) is 6.14. The number of methoxy groups -OCH3 is 2. The van der Waals surface area contributed by atoms with Gasteiger partial charge in [-0.3, -0.25) is 0 Å². The molecule has 3 nitrogen and oxygen atoms in total. The van der Waals surface area contributed by atoms with Gasteiger partial charge < -0.3 is 14.8 Å². The van der Waals surface area contributed by atoms with Gasteiger partial charge in [-0.15, -0.1) is 0 Å². The minimum atomic E-state index is 0.637. The molecule has 0 aliphatic rings. The zero-order valence-corrected chi connectivity index (χ0v) is 15.5. The molecular weight excluding hydrogens is 421 g/mol. The lowest BCUT2D eigenvalue weighted by molar-refractivity contribution is 0.409. The third-order valence-corrected chi connectivity index (χ3v) is 4.32. The van der Waals surface area contributed by atoms with E-state index in [1.807, 2.05) is 24.3 Å². The van der Waals surface area contributed by atoms with Gasteiger partial charge in [0, 0.05) is 11.6 Å². The molecule has 2 rings (SSSR count). The fourth-order valence-corrected chi connectivity index (χ4v) is 3.70. The van der Waals surface area contributed by atoms with Crippen molar-refractivity contribution < 1.29 is 9.47 Å². The molecule has 0 atom stereocenters. The van der Waals surface area contributed by atoms with Gasteiger partial charge in [-0.25, -0.2) is 0 Å². The Kier molecular flexibility index (Phi) is 5.79. The molecule has 0 unspecified atom stereocenters. The molecule has 2 aromatic carbocycles. The topological polar surface area (TPSA) is 30.5 Å². The van der Waals surface area contributed by atoms with E-state index in [0.717, 1.165) is 31.7 Å². The molecule has 112 valence electrons. The van der Waals surface area contributed by atoms with Gasteiger partial charge in [0.2, 0.25) is 0 Å².